The summed E-state index contributed by atoms with van der Waals surface area (Å²) in [7, 11) is 0. The number of hydrogen-bond acceptors (Lipinski definition) is 2. The Kier molecular flexibility index (Phi) is 3.78. The number of hydrogen-bond donors (Lipinski definition) is 2. The Bertz CT molecular complexity index is 246. The normalized spacial score (nSPS) is 25.2. The van der Waals surface area contributed by atoms with E-state index in [-0.39, 0.29) is 5.91 Å². The highest BCUT2D eigenvalue weighted by Gasteiger charge is 2.20. The molecule has 0 aromatic heterocycles. The monoisotopic (exact) mass is 208 g/mol. The fourth-order valence-corrected chi connectivity index (χ4v) is 1.90. The minimum absolute atomic E-state index is 0.198. The Morgan fingerprint density at radius 3 is 2.73 bits per heavy atom. The Morgan fingerprint density at radius 1 is 1.20 bits per heavy atom. The van der Waals surface area contributed by atoms with Gasteiger partial charge in [-0.3, -0.25) is 4.79 Å². The molecule has 3 nitrogen and oxygen atoms in total. The molecule has 1 amide bonds. The van der Waals surface area contributed by atoms with E-state index >= 15 is 0 Å². The molecule has 0 spiro atoms. The van der Waals surface area contributed by atoms with Gasteiger partial charge in [0.25, 0.3) is 0 Å². The predicted molar refractivity (Wildman–Crippen MR) is 60.6 cm³/mol. The minimum atomic E-state index is 0.198. The molecule has 0 saturated heterocycles. The highest BCUT2D eigenvalue weighted by Crippen LogP contribution is 2.18. The third-order valence-electron chi connectivity index (χ3n) is 3.00. The van der Waals surface area contributed by atoms with Crippen molar-refractivity contribution >= 4 is 5.91 Å². The second-order valence-corrected chi connectivity index (χ2v) is 4.53. The fraction of sp³-hybridized carbons (Fsp3) is 0.750. The van der Waals surface area contributed by atoms with E-state index in [1.807, 2.05) is 0 Å². The van der Waals surface area contributed by atoms with Crippen molar-refractivity contribution in [1.82, 2.24) is 10.6 Å². The van der Waals surface area contributed by atoms with Gasteiger partial charge in [0.15, 0.2) is 0 Å². The van der Waals surface area contributed by atoms with E-state index in [0.717, 1.165) is 25.8 Å². The van der Waals surface area contributed by atoms with Crippen LogP contribution in [-0.2, 0) is 4.79 Å². The van der Waals surface area contributed by atoms with Crippen molar-refractivity contribution in [1.29, 1.82) is 0 Å². The zero-order valence-electron chi connectivity index (χ0n) is 9.17. The average molecular weight is 208 g/mol. The molecule has 3 heteroatoms. The number of allylic oxidation sites excluding steroid dienone is 1. The first kappa shape index (κ1) is 10.7. The van der Waals surface area contributed by atoms with Crippen LogP contribution in [0.3, 0.4) is 0 Å². The van der Waals surface area contributed by atoms with E-state index < -0.39 is 0 Å². The lowest BCUT2D eigenvalue weighted by atomic mass is 10.0. The SMILES string of the molecule is O=C(CCNC1CC1)NC1CC=CCC1. The third kappa shape index (κ3) is 4.04. The zero-order valence-corrected chi connectivity index (χ0v) is 9.17. The van der Waals surface area contributed by atoms with Gasteiger partial charge in [0.2, 0.25) is 5.91 Å². The van der Waals surface area contributed by atoms with E-state index in [1.54, 1.807) is 0 Å². The van der Waals surface area contributed by atoms with Crippen molar-refractivity contribution in [2.75, 3.05) is 6.54 Å². The van der Waals surface area contributed by atoms with Crippen molar-refractivity contribution in [2.45, 2.75) is 50.6 Å². The molecule has 0 heterocycles. The molecule has 2 aliphatic rings. The van der Waals surface area contributed by atoms with Gasteiger partial charge in [-0.05, 0) is 32.1 Å². The molecule has 2 N–H and O–H groups in total. The number of amides is 1. The summed E-state index contributed by atoms with van der Waals surface area (Å²) in [6.45, 7) is 0.832. The van der Waals surface area contributed by atoms with Crippen molar-refractivity contribution in [2.24, 2.45) is 0 Å². The molecule has 0 radical (unpaired) electrons. The smallest absolute Gasteiger partial charge is 0.221 e. The lowest BCUT2D eigenvalue weighted by Crippen LogP contribution is -2.36. The minimum Gasteiger partial charge on any atom is -0.353 e. The molecule has 0 aromatic carbocycles. The molecule has 1 fully saturated rings. The maximum absolute atomic E-state index is 11.5. The van der Waals surface area contributed by atoms with Gasteiger partial charge in [-0.25, -0.2) is 0 Å². The summed E-state index contributed by atoms with van der Waals surface area (Å²) in [6, 6.07) is 1.08. The lowest BCUT2D eigenvalue weighted by Gasteiger charge is -2.19. The van der Waals surface area contributed by atoms with E-state index in [4.69, 9.17) is 0 Å². The summed E-state index contributed by atoms with van der Waals surface area (Å²) in [4.78, 5) is 11.5. The number of rotatable bonds is 5. The molecular weight excluding hydrogens is 188 g/mol. The molecule has 0 aliphatic heterocycles. The quantitative estimate of drug-likeness (QED) is 0.670. The fourth-order valence-electron chi connectivity index (χ4n) is 1.90. The lowest BCUT2D eigenvalue weighted by molar-refractivity contribution is -0.121. The van der Waals surface area contributed by atoms with Crippen molar-refractivity contribution in [3.63, 3.8) is 0 Å². The van der Waals surface area contributed by atoms with Crippen molar-refractivity contribution in [3.8, 4) is 0 Å². The highest BCUT2D eigenvalue weighted by molar-refractivity contribution is 5.76. The van der Waals surface area contributed by atoms with Crippen molar-refractivity contribution in [3.05, 3.63) is 12.2 Å². The molecule has 2 aliphatic carbocycles. The van der Waals surface area contributed by atoms with Crippen LogP contribution >= 0.6 is 0 Å². The standard InChI is InChI=1S/C12H20N2O/c15-12(8-9-13-10-6-7-10)14-11-4-2-1-3-5-11/h1-2,10-11,13H,3-9H2,(H,14,15). The van der Waals surface area contributed by atoms with Crippen LogP contribution in [0.4, 0.5) is 0 Å². The molecule has 84 valence electrons. The molecule has 1 saturated carbocycles. The van der Waals surface area contributed by atoms with Gasteiger partial charge in [0.1, 0.15) is 0 Å². The summed E-state index contributed by atoms with van der Waals surface area (Å²) in [6.07, 6.45) is 10.8. The van der Waals surface area contributed by atoms with Gasteiger partial charge >= 0.3 is 0 Å². The van der Waals surface area contributed by atoms with E-state index in [9.17, 15) is 4.79 Å². The van der Waals surface area contributed by atoms with Crippen molar-refractivity contribution < 1.29 is 4.79 Å². The van der Waals surface area contributed by atoms with Gasteiger partial charge in [-0.2, -0.15) is 0 Å². The van der Waals surface area contributed by atoms with Crippen LogP contribution in [0.25, 0.3) is 0 Å². The second kappa shape index (κ2) is 5.31. The number of carbonyl (C=O) groups excluding carboxylic acids is 1. The Morgan fingerprint density at radius 2 is 2.07 bits per heavy atom. The molecule has 0 aromatic rings. The van der Waals surface area contributed by atoms with Crippen LogP contribution in [-0.4, -0.2) is 24.5 Å². The van der Waals surface area contributed by atoms with Crippen LogP contribution in [0.2, 0.25) is 0 Å². The van der Waals surface area contributed by atoms with Crippen LogP contribution in [0.1, 0.15) is 38.5 Å². The van der Waals surface area contributed by atoms with E-state index in [1.165, 1.54) is 12.8 Å². The molecule has 1 unspecified atom stereocenters. The topological polar surface area (TPSA) is 41.1 Å². The predicted octanol–water partition coefficient (Wildman–Crippen LogP) is 1.35. The van der Waals surface area contributed by atoms with Crippen LogP contribution in [0.15, 0.2) is 12.2 Å². The first-order chi connectivity index (χ1) is 7.34. The maximum atomic E-state index is 11.5. The Labute approximate surface area is 91.3 Å². The Hall–Kier alpha value is -0.830. The molecule has 2 rings (SSSR count). The van der Waals surface area contributed by atoms with Crippen LogP contribution in [0, 0.1) is 0 Å². The van der Waals surface area contributed by atoms with Gasteiger partial charge < -0.3 is 10.6 Å². The average Bonchev–Trinajstić information content (AvgIpc) is 3.03. The highest BCUT2D eigenvalue weighted by atomic mass is 16.1. The third-order valence-corrected chi connectivity index (χ3v) is 3.00. The summed E-state index contributed by atoms with van der Waals surface area (Å²) < 4.78 is 0. The summed E-state index contributed by atoms with van der Waals surface area (Å²) in [5, 5.41) is 6.43. The molecular formula is C12H20N2O. The molecule has 15 heavy (non-hydrogen) atoms. The number of nitrogens with one attached hydrogen (secondary N) is 2. The first-order valence-corrected chi connectivity index (χ1v) is 6.02. The van der Waals surface area contributed by atoms with Gasteiger partial charge in [-0.1, -0.05) is 12.2 Å². The van der Waals surface area contributed by atoms with E-state index in [0.29, 0.717) is 18.5 Å². The summed E-state index contributed by atoms with van der Waals surface area (Å²) in [5.74, 6) is 0.198. The van der Waals surface area contributed by atoms with Gasteiger partial charge in [-0.15, -0.1) is 0 Å². The molecule has 1 atom stereocenters. The molecule has 0 bridgehead atoms. The summed E-state index contributed by atoms with van der Waals surface area (Å²) in [5.41, 5.74) is 0. The number of carbonyl (C=O) groups is 1. The second-order valence-electron chi connectivity index (χ2n) is 4.53. The van der Waals surface area contributed by atoms with Crippen LogP contribution in [0.5, 0.6) is 0 Å². The van der Waals surface area contributed by atoms with Crippen LogP contribution < -0.4 is 10.6 Å². The van der Waals surface area contributed by atoms with E-state index in [2.05, 4.69) is 22.8 Å². The first-order valence-electron chi connectivity index (χ1n) is 6.02. The largest absolute Gasteiger partial charge is 0.353 e. The van der Waals surface area contributed by atoms with Gasteiger partial charge in [0.05, 0.1) is 0 Å². The zero-order chi connectivity index (χ0) is 10.5. The summed E-state index contributed by atoms with van der Waals surface area (Å²) >= 11 is 0. The Balaban J connectivity index is 1.56. The maximum Gasteiger partial charge on any atom is 0.221 e. The van der Waals surface area contributed by atoms with Gasteiger partial charge in [0, 0.05) is 25.0 Å².